The minimum Gasteiger partial charge on any atom is -0.497 e. The van der Waals surface area contributed by atoms with Crippen LogP contribution in [0.3, 0.4) is 0 Å². The summed E-state index contributed by atoms with van der Waals surface area (Å²) in [6, 6.07) is 6.03. The molecule has 1 aliphatic rings. The Hall–Kier alpha value is -1.28. The van der Waals surface area contributed by atoms with Gasteiger partial charge >= 0.3 is 0 Å². The van der Waals surface area contributed by atoms with Gasteiger partial charge in [0.15, 0.2) is 0 Å². The molecule has 1 atom stereocenters. The van der Waals surface area contributed by atoms with Gasteiger partial charge < -0.3 is 9.47 Å². The maximum atomic E-state index is 5.56. The SMILES string of the molecule is C=C1COC(C)c2cc(OC)ccc21. The molecule has 0 bridgehead atoms. The molecule has 0 aliphatic carbocycles. The van der Waals surface area contributed by atoms with Crippen molar-refractivity contribution < 1.29 is 9.47 Å². The van der Waals surface area contributed by atoms with Crippen LogP contribution in [0.4, 0.5) is 0 Å². The molecule has 1 heterocycles. The van der Waals surface area contributed by atoms with Crippen LogP contribution in [-0.4, -0.2) is 13.7 Å². The highest BCUT2D eigenvalue weighted by molar-refractivity contribution is 5.69. The van der Waals surface area contributed by atoms with Crippen LogP contribution in [0.25, 0.3) is 5.57 Å². The van der Waals surface area contributed by atoms with E-state index in [2.05, 4.69) is 12.6 Å². The summed E-state index contributed by atoms with van der Waals surface area (Å²) in [4.78, 5) is 0. The Morgan fingerprint density at radius 2 is 2.29 bits per heavy atom. The number of methoxy groups -OCH3 is 1. The fourth-order valence-electron chi connectivity index (χ4n) is 1.72. The fraction of sp³-hybridized carbons (Fsp3) is 0.333. The van der Waals surface area contributed by atoms with Gasteiger partial charge in [-0.15, -0.1) is 0 Å². The van der Waals surface area contributed by atoms with E-state index in [9.17, 15) is 0 Å². The molecule has 0 fully saturated rings. The van der Waals surface area contributed by atoms with Crippen LogP contribution in [0.15, 0.2) is 24.8 Å². The Bertz CT molecular complexity index is 369. The third-order valence-electron chi connectivity index (χ3n) is 2.59. The summed E-state index contributed by atoms with van der Waals surface area (Å²) in [6.07, 6.45) is 0.130. The molecule has 0 radical (unpaired) electrons. The molecule has 0 amide bonds. The molecule has 14 heavy (non-hydrogen) atoms. The number of rotatable bonds is 1. The predicted molar refractivity (Wildman–Crippen MR) is 56.4 cm³/mol. The van der Waals surface area contributed by atoms with E-state index in [0.717, 1.165) is 11.3 Å². The highest BCUT2D eigenvalue weighted by atomic mass is 16.5. The van der Waals surface area contributed by atoms with E-state index in [0.29, 0.717) is 6.61 Å². The van der Waals surface area contributed by atoms with Gasteiger partial charge in [0, 0.05) is 0 Å². The van der Waals surface area contributed by atoms with Crippen LogP contribution < -0.4 is 4.74 Å². The van der Waals surface area contributed by atoms with Crippen molar-refractivity contribution in [2.24, 2.45) is 0 Å². The van der Waals surface area contributed by atoms with Crippen molar-refractivity contribution >= 4 is 5.57 Å². The Balaban J connectivity index is 2.50. The first-order valence-corrected chi connectivity index (χ1v) is 4.70. The van der Waals surface area contributed by atoms with Gasteiger partial charge in [0.05, 0.1) is 19.8 Å². The smallest absolute Gasteiger partial charge is 0.119 e. The largest absolute Gasteiger partial charge is 0.497 e. The standard InChI is InChI=1S/C12H14O2/c1-8-7-14-9(2)12-6-10(13-3)4-5-11(8)12/h4-6,9H,1,7H2,2-3H3. The van der Waals surface area contributed by atoms with E-state index in [1.54, 1.807) is 7.11 Å². The predicted octanol–water partition coefficient (Wildman–Crippen LogP) is 2.80. The highest BCUT2D eigenvalue weighted by Crippen LogP contribution is 2.34. The molecule has 0 aromatic heterocycles. The van der Waals surface area contributed by atoms with Gasteiger partial charge in [-0.3, -0.25) is 0 Å². The second-order valence-corrected chi connectivity index (χ2v) is 3.51. The van der Waals surface area contributed by atoms with Crippen LogP contribution in [0.1, 0.15) is 24.2 Å². The van der Waals surface area contributed by atoms with Crippen LogP contribution in [0.5, 0.6) is 5.75 Å². The van der Waals surface area contributed by atoms with Gasteiger partial charge in [-0.2, -0.15) is 0 Å². The van der Waals surface area contributed by atoms with Crippen molar-refractivity contribution in [3.8, 4) is 5.75 Å². The molecule has 0 saturated heterocycles. The molecular weight excluding hydrogens is 176 g/mol. The average molecular weight is 190 g/mol. The second kappa shape index (κ2) is 3.46. The van der Waals surface area contributed by atoms with E-state index in [1.165, 1.54) is 11.1 Å². The Morgan fingerprint density at radius 1 is 1.50 bits per heavy atom. The lowest BCUT2D eigenvalue weighted by Gasteiger charge is -2.25. The molecule has 2 nitrogen and oxygen atoms in total. The molecule has 0 spiro atoms. The molecule has 2 rings (SSSR count). The van der Waals surface area contributed by atoms with Crippen LogP contribution in [-0.2, 0) is 4.74 Å². The first kappa shape index (κ1) is 9.28. The lowest BCUT2D eigenvalue weighted by Crippen LogP contribution is -2.12. The molecule has 1 aliphatic heterocycles. The van der Waals surface area contributed by atoms with Gasteiger partial charge in [-0.25, -0.2) is 0 Å². The summed E-state index contributed by atoms with van der Waals surface area (Å²) in [6.45, 7) is 6.65. The molecule has 2 heteroatoms. The van der Waals surface area contributed by atoms with Crippen molar-refractivity contribution in [2.45, 2.75) is 13.0 Å². The summed E-state index contributed by atoms with van der Waals surface area (Å²) in [5.74, 6) is 0.869. The third kappa shape index (κ3) is 1.42. The van der Waals surface area contributed by atoms with E-state index in [-0.39, 0.29) is 6.10 Å². The summed E-state index contributed by atoms with van der Waals surface area (Å²) in [5.41, 5.74) is 3.41. The van der Waals surface area contributed by atoms with Gasteiger partial charge in [0.2, 0.25) is 0 Å². The lowest BCUT2D eigenvalue weighted by atomic mass is 9.95. The average Bonchev–Trinajstić information content (AvgIpc) is 2.23. The molecule has 1 unspecified atom stereocenters. The Kier molecular flexibility index (Phi) is 2.30. The molecular formula is C12H14O2. The van der Waals surface area contributed by atoms with Gasteiger partial charge in [0.1, 0.15) is 5.75 Å². The van der Waals surface area contributed by atoms with E-state index in [4.69, 9.17) is 9.47 Å². The van der Waals surface area contributed by atoms with E-state index < -0.39 is 0 Å². The third-order valence-corrected chi connectivity index (χ3v) is 2.59. The van der Waals surface area contributed by atoms with Crippen LogP contribution in [0, 0.1) is 0 Å². The zero-order chi connectivity index (χ0) is 10.1. The van der Waals surface area contributed by atoms with Crippen molar-refractivity contribution in [1.82, 2.24) is 0 Å². The minimum absolute atomic E-state index is 0.130. The fourth-order valence-corrected chi connectivity index (χ4v) is 1.72. The number of hydrogen-bond acceptors (Lipinski definition) is 2. The Labute approximate surface area is 84.2 Å². The van der Waals surface area contributed by atoms with E-state index in [1.807, 2.05) is 19.1 Å². The van der Waals surface area contributed by atoms with Crippen molar-refractivity contribution in [2.75, 3.05) is 13.7 Å². The molecule has 74 valence electrons. The number of hydrogen-bond donors (Lipinski definition) is 0. The minimum atomic E-state index is 0.130. The highest BCUT2D eigenvalue weighted by Gasteiger charge is 2.19. The molecule has 0 saturated carbocycles. The zero-order valence-corrected chi connectivity index (χ0v) is 8.54. The van der Waals surface area contributed by atoms with E-state index >= 15 is 0 Å². The van der Waals surface area contributed by atoms with Crippen molar-refractivity contribution in [3.63, 3.8) is 0 Å². The molecule has 0 N–H and O–H groups in total. The van der Waals surface area contributed by atoms with Gasteiger partial charge in [-0.1, -0.05) is 12.6 Å². The normalized spacial score (nSPS) is 20.4. The van der Waals surface area contributed by atoms with Crippen molar-refractivity contribution in [1.29, 1.82) is 0 Å². The molecule has 1 aromatic rings. The van der Waals surface area contributed by atoms with Crippen molar-refractivity contribution in [3.05, 3.63) is 35.9 Å². The zero-order valence-electron chi connectivity index (χ0n) is 8.54. The summed E-state index contributed by atoms with van der Waals surface area (Å²) >= 11 is 0. The van der Waals surface area contributed by atoms with Gasteiger partial charge in [-0.05, 0) is 35.8 Å². The van der Waals surface area contributed by atoms with Crippen LogP contribution in [0.2, 0.25) is 0 Å². The topological polar surface area (TPSA) is 18.5 Å². The van der Waals surface area contributed by atoms with Crippen LogP contribution >= 0.6 is 0 Å². The second-order valence-electron chi connectivity index (χ2n) is 3.51. The summed E-state index contributed by atoms with van der Waals surface area (Å²) < 4.78 is 10.7. The number of benzene rings is 1. The monoisotopic (exact) mass is 190 g/mol. The number of fused-ring (bicyclic) bond motifs is 1. The maximum absolute atomic E-state index is 5.56. The maximum Gasteiger partial charge on any atom is 0.119 e. The summed E-state index contributed by atoms with van der Waals surface area (Å²) in [5, 5.41) is 0. The first-order valence-electron chi connectivity index (χ1n) is 4.70. The molecule has 1 aromatic carbocycles. The first-order chi connectivity index (χ1) is 6.72. The lowest BCUT2D eigenvalue weighted by molar-refractivity contribution is 0.0857. The van der Waals surface area contributed by atoms with Gasteiger partial charge in [0.25, 0.3) is 0 Å². The number of ether oxygens (including phenoxy) is 2. The quantitative estimate of drug-likeness (QED) is 0.678. The summed E-state index contributed by atoms with van der Waals surface area (Å²) in [7, 11) is 1.67. The Morgan fingerprint density at radius 3 is 3.00 bits per heavy atom.